The fraction of sp³-hybridized carbons (Fsp3) is 0.643. The summed E-state index contributed by atoms with van der Waals surface area (Å²) in [7, 11) is -2.07. The molecule has 0 amide bonds. The molecule has 0 spiro atoms. The van der Waals surface area contributed by atoms with E-state index in [9.17, 15) is 13.2 Å². The molecule has 0 aliphatic heterocycles. The maximum atomic E-state index is 12.1. The zero-order valence-corrected chi connectivity index (χ0v) is 13.5. The van der Waals surface area contributed by atoms with E-state index in [1.807, 2.05) is 0 Å². The van der Waals surface area contributed by atoms with Gasteiger partial charge in [-0.3, -0.25) is 4.79 Å². The highest BCUT2D eigenvalue weighted by molar-refractivity contribution is 7.89. The normalized spacial score (nSPS) is 11.8. The van der Waals surface area contributed by atoms with Crippen LogP contribution in [0.15, 0.2) is 23.4 Å². The molecule has 0 radical (unpaired) electrons. The number of carbonyl (C=O) groups excluding carboxylic acids is 1. The van der Waals surface area contributed by atoms with E-state index in [-0.39, 0.29) is 23.8 Å². The van der Waals surface area contributed by atoms with Gasteiger partial charge in [-0.05, 0) is 12.5 Å². The van der Waals surface area contributed by atoms with Crippen molar-refractivity contribution >= 4 is 16.0 Å². The molecule has 0 saturated heterocycles. The van der Waals surface area contributed by atoms with E-state index in [2.05, 4.69) is 11.9 Å². The zero-order valence-electron chi connectivity index (χ0n) is 12.7. The first-order chi connectivity index (χ1) is 9.98. The maximum absolute atomic E-state index is 12.1. The van der Waals surface area contributed by atoms with Crippen LogP contribution in [0.3, 0.4) is 0 Å². The Labute approximate surface area is 126 Å². The molecule has 0 aliphatic rings. The van der Waals surface area contributed by atoms with Gasteiger partial charge in [-0.1, -0.05) is 26.2 Å². The van der Waals surface area contributed by atoms with Gasteiger partial charge in [0.2, 0.25) is 10.0 Å². The van der Waals surface area contributed by atoms with Gasteiger partial charge in [-0.2, -0.15) is 0 Å². The van der Waals surface area contributed by atoms with Crippen LogP contribution >= 0.6 is 0 Å². The number of hydrogen-bond donors (Lipinski definition) is 1. The van der Waals surface area contributed by atoms with Crippen LogP contribution in [0.4, 0.5) is 0 Å². The average Bonchev–Trinajstić information content (AvgIpc) is 2.99. The molecular formula is C14H24N2O4S. The molecule has 6 nitrogen and oxygen atoms in total. The first kappa shape index (κ1) is 17.7. The van der Waals surface area contributed by atoms with Crippen molar-refractivity contribution in [3.63, 3.8) is 0 Å². The molecule has 7 heteroatoms. The van der Waals surface area contributed by atoms with Crippen LogP contribution in [0.1, 0.15) is 39.0 Å². The van der Waals surface area contributed by atoms with E-state index in [1.165, 1.54) is 19.3 Å². The quantitative estimate of drug-likeness (QED) is 0.530. The van der Waals surface area contributed by atoms with Gasteiger partial charge in [0, 0.05) is 26.0 Å². The minimum atomic E-state index is -3.53. The number of sulfonamides is 1. The van der Waals surface area contributed by atoms with Crippen molar-refractivity contribution in [3.05, 3.63) is 18.5 Å². The summed E-state index contributed by atoms with van der Waals surface area (Å²) in [6.45, 7) is 2.64. The van der Waals surface area contributed by atoms with Crippen molar-refractivity contribution in [2.24, 2.45) is 0 Å². The Balaban J connectivity index is 2.29. The molecule has 0 atom stereocenters. The molecule has 0 fully saturated rings. The largest absolute Gasteiger partial charge is 0.466 e. The van der Waals surface area contributed by atoms with Crippen molar-refractivity contribution in [2.45, 2.75) is 43.9 Å². The van der Waals surface area contributed by atoms with Crippen molar-refractivity contribution in [3.8, 4) is 0 Å². The Morgan fingerprint density at radius 3 is 2.71 bits per heavy atom. The number of rotatable bonds is 10. The van der Waals surface area contributed by atoms with Crippen molar-refractivity contribution in [2.75, 3.05) is 20.2 Å². The molecule has 1 N–H and O–H groups in total. The summed E-state index contributed by atoms with van der Waals surface area (Å²) < 4.78 is 30.4. The Hall–Kier alpha value is -1.34. The lowest BCUT2D eigenvalue weighted by Gasteiger charge is -2.15. The number of unbranched alkanes of at least 4 members (excludes halogenated alkanes) is 3. The Kier molecular flexibility index (Phi) is 7.45. The van der Waals surface area contributed by atoms with Crippen LogP contribution in [-0.2, 0) is 19.6 Å². The predicted molar refractivity (Wildman–Crippen MR) is 80.3 cm³/mol. The monoisotopic (exact) mass is 316 g/mol. The number of hydrogen-bond acceptors (Lipinski definition) is 4. The summed E-state index contributed by atoms with van der Waals surface area (Å²) in [4.78, 5) is 14.4. The number of carbonyl (C=O) groups is 1. The molecule has 21 heavy (non-hydrogen) atoms. The third-order valence-corrected chi connectivity index (χ3v) is 5.02. The summed E-state index contributed by atoms with van der Waals surface area (Å²) in [5.74, 6) is -0.359. The van der Waals surface area contributed by atoms with Gasteiger partial charge < -0.3 is 9.72 Å². The van der Waals surface area contributed by atoms with Crippen LogP contribution < -0.4 is 0 Å². The number of H-pyrrole nitrogens is 1. The molecule has 1 rings (SSSR count). The van der Waals surface area contributed by atoms with E-state index >= 15 is 0 Å². The number of nitrogens with one attached hydrogen (secondary N) is 1. The Morgan fingerprint density at radius 1 is 1.33 bits per heavy atom. The molecule has 0 aliphatic carbocycles. The Bertz CT molecular complexity index is 511. The summed E-state index contributed by atoms with van der Waals surface area (Å²) in [5, 5.41) is 0. The molecule has 0 saturated carbocycles. The van der Waals surface area contributed by atoms with E-state index in [1.54, 1.807) is 6.20 Å². The van der Waals surface area contributed by atoms with E-state index < -0.39 is 10.0 Å². The third-order valence-electron chi connectivity index (χ3n) is 3.17. The third kappa shape index (κ3) is 5.89. The van der Waals surface area contributed by atoms with Crippen molar-refractivity contribution < 1.29 is 17.9 Å². The molecule has 120 valence electrons. The lowest BCUT2D eigenvalue weighted by Crippen LogP contribution is -2.29. The summed E-state index contributed by atoms with van der Waals surface area (Å²) in [6, 6.07) is 1.48. The lowest BCUT2D eigenvalue weighted by atomic mass is 10.2. The number of aromatic amines is 1. The van der Waals surface area contributed by atoms with Crippen LogP contribution in [0, 0.1) is 0 Å². The molecule has 0 unspecified atom stereocenters. The van der Waals surface area contributed by atoms with Crippen LogP contribution in [-0.4, -0.2) is 43.9 Å². The van der Waals surface area contributed by atoms with Gasteiger partial charge in [-0.15, -0.1) is 0 Å². The van der Waals surface area contributed by atoms with E-state index in [0.29, 0.717) is 6.61 Å². The van der Waals surface area contributed by atoms with Crippen LogP contribution in [0.5, 0.6) is 0 Å². The highest BCUT2D eigenvalue weighted by Crippen LogP contribution is 2.13. The SMILES string of the molecule is CCCCCCOC(=O)CCN(C)S(=O)(=O)c1cc[nH]c1. The summed E-state index contributed by atoms with van der Waals surface area (Å²) in [6.07, 6.45) is 7.20. The number of aromatic nitrogens is 1. The zero-order chi connectivity index (χ0) is 15.7. The maximum Gasteiger partial charge on any atom is 0.307 e. The van der Waals surface area contributed by atoms with Gasteiger partial charge in [0.05, 0.1) is 17.9 Å². The fourth-order valence-electron chi connectivity index (χ4n) is 1.80. The minimum absolute atomic E-state index is 0.0634. The lowest BCUT2D eigenvalue weighted by molar-refractivity contribution is -0.143. The second kappa shape index (κ2) is 8.84. The second-order valence-electron chi connectivity index (χ2n) is 4.90. The fourth-order valence-corrected chi connectivity index (χ4v) is 2.95. The first-order valence-electron chi connectivity index (χ1n) is 7.23. The molecule has 0 bridgehead atoms. The van der Waals surface area contributed by atoms with Gasteiger partial charge >= 0.3 is 5.97 Å². The highest BCUT2D eigenvalue weighted by Gasteiger charge is 2.21. The van der Waals surface area contributed by atoms with Gasteiger partial charge in [-0.25, -0.2) is 12.7 Å². The molecule has 1 heterocycles. The number of ether oxygens (including phenoxy) is 1. The van der Waals surface area contributed by atoms with Crippen molar-refractivity contribution in [1.82, 2.24) is 9.29 Å². The molecule has 1 aromatic heterocycles. The van der Waals surface area contributed by atoms with E-state index in [0.717, 1.165) is 30.0 Å². The summed E-state index contributed by atoms with van der Waals surface area (Å²) >= 11 is 0. The van der Waals surface area contributed by atoms with Gasteiger partial charge in [0.15, 0.2) is 0 Å². The standard InChI is InChI=1S/C14H24N2O4S/c1-3-4-5-6-11-20-14(17)8-10-16(2)21(18,19)13-7-9-15-12-13/h7,9,12,15H,3-6,8,10-11H2,1-2H3. The van der Waals surface area contributed by atoms with Crippen LogP contribution in [0.25, 0.3) is 0 Å². The molecule has 0 aromatic carbocycles. The second-order valence-corrected chi connectivity index (χ2v) is 6.95. The van der Waals surface area contributed by atoms with Gasteiger partial charge in [0.1, 0.15) is 0 Å². The van der Waals surface area contributed by atoms with Crippen LogP contribution in [0.2, 0.25) is 0 Å². The minimum Gasteiger partial charge on any atom is -0.466 e. The van der Waals surface area contributed by atoms with Crippen molar-refractivity contribution in [1.29, 1.82) is 0 Å². The van der Waals surface area contributed by atoms with Gasteiger partial charge in [0.25, 0.3) is 0 Å². The smallest absolute Gasteiger partial charge is 0.307 e. The topological polar surface area (TPSA) is 79.5 Å². The number of nitrogens with zero attached hydrogens (tertiary/aromatic N) is 1. The Morgan fingerprint density at radius 2 is 2.10 bits per heavy atom. The highest BCUT2D eigenvalue weighted by atomic mass is 32.2. The molecule has 1 aromatic rings. The number of esters is 1. The molecular weight excluding hydrogens is 292 g/mol. The summed E-state index contributed by atoms with van der Waals surface area (Å²) in [5.41, 5.74) is 0. The van der Waals surface area contributed by atoms with E-state index in [4.69, 9.17) is 4.74 Å². The first-order valence-corrected chi connectivity index (χ1v) is 8.67. The predicted octanol–water partition coefficient (Wildman–Crippen LogP) is 2.15. The average molecular weight is 316 g/mol.